The zero-order valence-electron chi connectivity index (χ0n) is 24.0. The van der Waals surface area contributed by atoms with Crippen LogP contribution in [-0.2, 0) is 28.7 Å². The number of nitrogens with zero attached hydrogens (tertiary/aromatic N) is 1. The van der Waals surface area contributed by atoms with Gasteiger partial charge in [0.2, 0.25) is 5.78 Å². The van der Waals surface area contributed by atoms with Crippen molar-refractivity contribution in [3.63, 3.8) is 0 Å². The Hall–Kier alpha value is -4.24. The number of cyclic esters (lactones) is 1. The second kappa shape index (κ2) is 18.2. The molecule has 2 aromatic carbocycles. The third-order valence-electron chi connectivity index (χ3n) is 6.71. The summed E-state index contributed by atoms with van der Waals surface area (Å²) in [6, 6.07) is 18.2. The number of esters is 1. The molecule has 3 rings (SSSR count). The first kappa shape index (κ1) is 32.3. The van der Waals surface area contributed by atoms with Gasteiger partial charge in [0, 0.05) is 24.5 Å². The van der Waals surface area contributed by atoms with Crippen LogP contribution in [0.4, 0.5) is 11.4 Å². The third-order valence-corrected chi connectivity index (χ3v) is 6.71. The summed E-state index contributed by atoms with van der Waals surface area (Å²) in [5.41, 5.74) is 0.994. The van der Waals surface area contributed by atoms with Gasteiger partial charge in [-0.25, -0.2) is 4.79 Å². The predicted octanol–water partition coefficient (Wildman–Crippen LogP) is 5.68. The number of para-hydroxylation sites is 2. The van der Waals surface area contributed by atoms with E-state index in [9.17, 15) is 24.3 Å². The van der Waals surface area contributed by atoms with Crippen molar-refractivity contribution in [2.75, 3.05) is 36.6 Å². The molecule has 1 fully saturated rings. The van der Waals surface area contributed by atoms with Crippen LogP contribution in [0.2, 0.25) is 0 Å². The molecular formula is C33H40N2O7. The zero-order chi connectivity index (χ0) is 30.0. The Morgan fingerprint density at radius 3 is 2.14 bits per heavy atom. The number of nitrogens with one attached hydrogen (secondary N) is 1. The van der Waals surface area contributed by atoms with Gasteiger partial charge in [-0.15, -0.1) is 0 Å². The molecule has 0 aromatic heterocycles. The van der Waals surface area contributed by atoms with Crippen molar-refractivity contribution in [2.45, 2.75) is 57.8 Å². The molecule has 0 bridgehead atoms. The standard InChI is InChI=1S/C33H40N2O7/c36-28(30-29(37)25-42-33(30)40)24-41-23-17-9-7-5-3-1-2-4-6-8-16-22-35(27-20-14-11-15-21-27)32(39)31(38)34-26-18-12-10-13-19-26/h2,4,10-15,18-21,36H,1,3,5-9,16-17,22-25H2,(H,34,38)/b4-2-,30-28?. The molecule has 0 radical (unpaired) electrons. The predicted molar refractivity (Wildman–Crippen MR) is 161 cm³/mol. The number of amides is 2. The van der Waals surface area contributed by atoms with E-state index in [1.807, 2.05) is 36.4 Å². The monoisotopic (exact) mass is 576 g/mol. The summed E-state index contributed by atoms with van der Waals surface area (Å²) in [5, 5.41) is 12.5. The minimum atomic E-state index is -0.790. The van der Waals surface area contributed by atoms with E-state index in [4.69, 9.17) is 4.74 Å². The lowest BCUT2D eigenvalue weighted by molar-refractivity contribution is -0.135. The third kappa shape index (κ3) is 11.0. The Balaban J connectivity index is 1.24. The lowest BCUT2D eigenvalue weighted by atomic mass is 10.1. The summed E-state index contributed by atoms with van der Waals surface area (Å²) in [7, 11) is 0. The van der Waals surface area contributed by atoms with Crippen LogP contribution in [0.1, 0.15) is 57.8 Å². The largest absolute Gasteiger partial charge is 0.509 e. The molecule has 1 aliphatic heterocycles. The molecule has 9 nitrogen and oxygen atoms in total. The number of hydrogen-bond donors (Lipinski definition) is 2. The Kier molecular flexibility index (Phi) is 14.0. The number of aliphatic hydroxyl groups excluding tert-OH is 1. The van der Waals surface area contributed by atoms with Crippen LogP contribution in [0.25, 0.3) is 0 Å². The lowest BCUT2D eigenvalue weighted by Gasteiger charge is -2.22. The summed E-state index contributed by atoms with van der Waals surface area (Å²) in [6.45, 7) is 0.432. The Morgan fingerprint density at radius 1 is 0.857 bits per heavy atom. The van der Waals surface area contributed by atoms with Crippen LogP contribution in [0, 0.1) is 0 Å². The van der Waals surface area contributed by atoms with Crippen molar-refractivity contribution in [3.05, 3.63) is 84.1 Å². The van der Waals surface area contributed by atoms with E-state index < -0.39 is 23.6 Å². The van der Waals surface area contributed by atoms with Gasteiger partial charge in [-0.2, -0.15) is 0 Å². The molecule has 0 unspecified atom stereocenters. The van der Waals surface area contributed by atoms with Crippen LogP contribution in [0.5, 0.6) is 0 Å². The van der Waals surface area contributed by atoms with Crippen molar-refractivity contribution in [1.29, 1.82) is 0 Å². The van der Waals surface area contributed by atoms with E-state index in [2.05, 4.69) is 22.2 Å². The van der Waals surface area contributed by atoms with Gasteiger partial charge < -0.3 is 24.8 Å². The highest BCUT2D eigenvalue weighted by molar-refractivity contribution is 6.44. The fourth-order valence-corrected chi connectivity index (χ4v) is 4.46. The van der Waals surface area contributed by atoms with Gasteiger partial charge in [0.25, 0.3) is 0 Å². The summed E-state index contributed by atoms with van der Waals surface area (Å²) < 4.78 is 9.95. The number of unbranched alkanes of at least 4 members (excludes halogenated alkanes) is 7. The van der Waals surface area contributed by atoms with Crippen molar-refractivity contribution in [3.8, 4) is 0 Å². The lowest BCUT2D eigenvalue weighted by Crippen LogP contribution is -2.40. The molecule has 0 aliphatic carbocycles. The molecule has 0 saturated carbocycles. The van der Waals surface area contributed by atoms with Gasteiger partial charge in [0.15, 0.2) is 6.61 Å². The second-order valence-electron chi connectivity index (χ2n) is 10.0. The summed E-state index contributed by atoms with van der Waals surface area (Å²) in [6.07, 6.45) is 13.1. The normalized spacial score (nSPS) is 14.2. The highest BCUT2D eigenvalue weighted by Crippen LogP contribution is 2.17. The zero-order valence-corrected chi connectivity index (χ0v) is 24.0. The Morgan fingerprint density at radius 2 is 1.48 bits per heavy atom. The van der Waals surface area contributed by atoms with Crippen LogP contribution >= 0.6 is 0 Å². The number of carbonyl (C=O) groups is 4. The van der Waals surface area contributed by atoms with E-state index >= 15 is 0 Å². The number of rotatable bonds is 17. The quantitative estimate of drug-likeness (QED) is 0.0473. The molecule has 1 saturated heterocycles. The maximum Gasteiger partial charge on any atom is 0.345 e. The van der Waals surface area contributed by atoms with Gasteiger partial charge in [-0.05, 0) is 62.8 Å². The summed E-state index contributed by atoms with van der Waals surface area (Å²) in [4.78, 5) is 50.0. The molecule has 2 N–H and O–H groups in total. The minimum Gasteiger partial charge on any atom is -0.509 e. The number of carbonyl (C=O) groups excluding carboxylic acids is 4. The number of Topliss-reactive ketones (excluding diaryl/α,β-unsaturated/α-hetero) is 1. The van der Waals surface area contributed by atoms with Crippen molar-refractivity contribution in [1.82, 2.24) is 0 Å². The van der Waals surface area contributed by atoms with Crippen molar-refractivity contribution in [2.24, 2.45) is 0 Å². The average Bonchev–Trinajstić information content (AvgIpc) is 3.34. The second-order valence-corrected chi connectivity index (χ2v) is 10.0. The number of aliphatic hydroxyl groups is 1. The minimum absolute atomic E-state index is 0.162. The van der Waals surface area contributed by atoms with E-state index in [0.717, 1.165) is 57.8 Å². The smallest absolute Gasteiger partial charge is 0.345 e. The maximum absolute atomic E-state index is 13.0. The summed E-state index contributed by atoms with van der Waals surface area (Å²) >= 11 is 0. The first-order valence-electron chi connectivity index (χ1n) is 14.6. The van der Waals surface area contributed by atoms with E-state index in [-0.39, 0.29) is 24.5 Å². The number of anilines is 2. The fraction of sp³-hybridized carbons (Fsp3) is 0.394. The molecule has 2 amide bonds. The first-order chi connectivity index (χ1) is 20.5. The maximum atomic E-state index is 13.0. The van der Waals surface area contributed by atoms with Crippen molar-refractivity contribution >= 4 is 34.9 Å². The molecule has 2 aromatic rings. The highest BCUT2D eigenvalue weighted by atomic mass is 16.5. The van der Waals surface area contributed by atoms with Crippen LogP contribution in [0.15, 0.2) is 84.1 Å². The van der Waals surface area contributed by atoms with Gasteiger partial charge in [-0.3, -0.25) is 14.4 Å². The topological polar surface area (TPSA) is 122 Å². The van der Waals surface area contributed by atoms with E-state index in [1.54, 1.807) is 29.2 Å². The Labute approximate surface area is 247 Å². The number of hydrogen-bond acceptors (Lipinski definition) is 7. The summed E-state index contributed by atoms with van der Waals surface area (Å²) in [5.74, 6) is -2.89. The van der Waals surface area contributed by atoms with Crippen LogP contribution in [0.3, 0.4) is 0 Å². The molecule has 1 heterocycles. The molecular weight excluding hydrogens is 536 g/mol. The number of ketones is 1. The SMILES string of the molecule is O=C1COC(=O)C1=C(O)COCCCCCCC/C=C\CCCCN(C(=O)C(=O)Nc1ccccc1)c1ccccc1. The number of allylic oxidation sites excluding steroid dienone is 2. The molecule has 0 atom stereocenters. The van der Waals surface area contributed by atoms with Crippen LogP contribution < -0.4 is 10.2 Å². The Bertz CT molecular complexity index is 1210. The first-order valence-corrected chi connectivity index (χ1v) is 14.6. The van der Waals surface area contributed by atoms with Crippen LogP contribution in [-0.4, -0.2) is 55.0 Å². The fourth-order valence-electron chi connectivity index (χ4n) is 4.46. The highest BCUT2D eigenvalue weighted by Gasteiger charge is 2.32. The number of benzene rings is 2. The van der Waals surface area contributed by atoms with Crippen molar-refractivity contribution < 1.29 is 33.8 Å². The molecule has 224 valence electrons. The van der Waals surface area contributed by atoms with Gasteiger partial charge in [0.05, 0.1) is 0 Å². The molecule has 9 heteroatoms. The van der Waals surface area contributed by atoms with Gasteiger partial charge in [0.1, 0.15) is 17.9 Å². The molecule has 0 spiro atoms. The van der Waals surface area contributed by atoms with Gasteiger partial charge >= 0.3 is 17.8 Å². The molecule has 1 aliphatic rings. The number of ether oxygens (including phenoxy) is 2. The average molecular weight is 577 g/mol. The van der Waals surface area contributed by atoms with E-state index in [0.29, 0.717) is 24.5 Å². The van der Waals surface area contributed by atoms with Gasteiger partial charge in [-0.1, -0.05) is 67.8 Å². The molecule has 42 heavy (non-hydrogen) atoms. The van der Waals surface area contributed by atoms with E-state index in [1.165, 1.54) is 0 Å².